The van der Waals surface area contributed by atoms with Gasteiger partial charge in [0.05, 0.1) is 12.1 Å². The maximum absolute atomic E-state index is 13.3. The lowest BCUT2D eigenvalue weighted by Crippen LogP contribution is -2.27. The highest BCUT2D eigenvalue weighted by Crippen LogP contribution is 2.24. The number of nitrogens with zero attached hydrogens (tertiary/aromatic N) is 2. The molecule has 0 aliphatic rings. The van der Waals surface area contributed by atoms with E-state index < -0.39 is 0 Å². The Morgan fingerprint density at radius 1 is 1.25 bits per heavy atom. The average Bonchev–Trinajstić information content (AvgIpc) is 3.04. The summed E-state index contributed by atoms with van der Waals surface area (Å²) in [6, 6.07) is 10.1. The predicted octanol–water partition coefficient (Wildman–Crippen LogP) is 3.25. The number of amides is 1. The van der Waals surface area contributed by atoms with Crippen molar-refractivity contribution in [1.29, 1.82) is 0 Å². The van der Waals surface area contributed by atoms with Crippen molar-refractivity contribution >= 4 is 17.2 Å². The third-order valence-electron chi connectivity index (χ3n) is 3.42. The maximum Gasteiger partial charge on any atom is 0.226 e. The molecular weight excluding hydrogens is 325 g/mol. The van der Waals surface area contributed by atoms with Crippen LogP contribution in [0.15, 0.2) is 54.2 Å². The summed E-state index contributed by atoms with van der Waals surface area (Å²) in [5.41, 5.74) is 2.50. The summed E-state index contributed by atoms with van der Waals surface area (Å²) >= 11 is 1.41. The highest BCUT2D eigenvalue weighted by molar-refractivity contribution is 7.13. The van der Waals surface area contributed by atoms with Gasteiger partial charge in [0.25, 0.3) is 0 Å². The fourth-order valence-electron chi connectivity index (χ4n) is 2.26. The molecule has 0 aliphatic heterocycles. The largest absolute Gasteiger partial charge is 0.355 e. The van der Waals surface area contributed by atoms with Crippen LogP contribution in [-0.2, 0) is 17.6 Å². The van der Waals surface area contributed by atoms with Gasteiger partial charge in [-0.15, -0.1) is 11.3 Å². The van der Waals surface area contributed by atoms with E-state index in [1.54, 1.807) is 24.5 Å². The van der Waals surface area contributed by atoms with Gasteiger partial charge in [0.2, 0.25) is 5.91 Å². The zero-order chi connectivity index (χ0) is 16.8. The Balaban J connectivity index is 1.52. The van der Waals surface area contributed by atoms with E-state index in [1.807, 2.05) is 17.5 Å². The molecule has 3 aromatic rings. The van der Waals surface area contributed by atoms with E-state index in [2.05, 4.69) is 15.3 Å². The van der Waals surface area contributed by atoms with Gasteiger partial charge >= 0.3 is 0 Å². The topological polar surface area (TPSA) is 54.9 Å². The monoisotopic (exact) mass is 341 g/mol. The number of carbonyl (C=O) groups is 1. The first-order chi connectivity index (χ1) is 11.7. The van der Waals surface area contributed by atoms with E-state index in [1.165, 1.54) is 23.5 Å². The van der Waals surface area contributed by atoms with E-state index in [-0.39, 0.29) is 18.1 Å². The molecule has 0 saturated carbocycles. The van der Waals surface area contributed by atoms with Crippen LogP contribution in [0.1, 0.15) is 11.3 Å². The van der Waals surface area contributed by atoms with Gasteiger partial charge in [-0.2, -0.15) is 0 Å². The van der Waals surface area contributed by atoms with Crippen LogP contribution in [-0.4, -0.2) is 22.4 Å². The van der Waals surface area contributed by atoms with Gasteiger partial charge < -0.3 is 5.32 Å². The zero-order valence-corrected chi connectivity index (χ0v) is 13.7. The quantitative estimate of drug-likeness (QED) is 0.749. The van der Waals surface area contributed by atoms with Crippen molar-refractivity contribution in [2.45, 2.75) is 12.8 Å². The van der Waals surface area contributed by atoms with Gasteiger partial charge in [-0.1, -0.05) is 18.2 Å². The molecule has 24 heavy (non-hydrogen) atoms. The standard InChI is InChI=1S/C18H16FN3OS/c19-15-5-1-4-14(9-15)18-22-16(12-24-18)10-17(23)21-8-6-13-3-2-7-20-11-13/h1-5,7,9,11-12H,6,8,10H2,(H,21,23). The molecule has 2 heterocycles. The summed E-state index contributed by atoms with van der Waals surface area (Å²) < 4.78 is 13.3. The van der Waals surface area contributed by atoms with Crippen molar-refractivity contribution in [3.63, 3.8) is 0 Å². The van der Waals surface area contributed by atoms with Crippen molar-refractivity contribution in [1.82, 2.24) is 15.3 Å². The van der Waals surface area contributed by atoms with Crippen LogP contribution >= 0.6 is 11.3 Å². The molecule has 3 rings (SSSR count). The maximum atomic E-state index is 13.3. The Hall–Kier alpha value is -2.60. The molecule has 0 atom stereocenters. The van der Waals surface area contributed by atoms with Crippen molar-refractivity contribution in [2.75, 3.05) is 6.54 Å². The molecule has 4 nitrogen and oxygen atoms in total. The summed E-state index contributed by atoms with van der Waals surface area (Å²) in [4.78, 5) is 20.4. The van der Waals surface area contributed by atoms with Crippen molar-refractivity contribution in [2.24, 2.45) is 0 Å². The second-order valence-electron chi connectivity index (χ2n) is 5.29. The molecule has 1 aromatic carbocycles. The molecule has 6 heteroatoms. The lowest BCUT2D eigenvalue weighted by Gasteiger charge is -2.04. The van der Waals surface area contributed by atoms with Crippen LogP contribution in [0, 0.1) is 5.82 Å². The number of pyridine rings is 1. The van der Waals surface area contributed by atoms with Crippen LogP contribution in [0.4, 0.5) is 4.39 Å². The summed E-state index contributed by atoms with van der Waals surface area (Å²) in [7, 11) is 0. The van der Waals surface area contributed by atoms with Crippen molar-refractivity contribution in [3.8, 4) is 10.6 Å². The molecule has 0 bridgehead atoms. The third-order valence-corrected chi connectivity index (χ3v) is 4.36. The molecule has 0 unspecified atom stereocenters. The lowest BCUT2D eigenvalue weighted by molar-refractivity contribution is -0.120. The first kappa shape index (κ1) is 16.3. The number of rotatable bonds is 6. The first-order valence-electron chi connectivity index (χ1n) is 7.56. The molecule has 1 N–H and O–H groups in total. The van der Waals surface area contributed by atoms with Gasteiger partial charge in [-0.25, -0.2) is 9.37 Å². The fourth-order valence-corrected chi connectivity index (χ4v) is 3.08. The Kier molecular flexibility index (Phi) is 5.28. The smallest absolute Gasteiger partial charge is 0.226 e. The average molecular weight is 341 g/mol. The molecule has 0 aliphatic carbocycles. The van der Waals surface area contributed by atoms with Crippen molar-refractivity contribution in [3.05, 3.63) is 71.2 Å². The molecule has 0 radical (unpaired) electrons. The number of carbonyl (C=O) groups excluding carboxylic acids is 1. The Morgan fingerprint density at radius 3 is 2.96 bits per heavy atom. The van der Waals surface area contributed by atoms with Gasteiger partial charge in [0.1, 0.15) is 10.8 Å². The SMILES string of the molecule is O=C(Cc1csc(-c2cccc(F)c2)n1)NCCc1cccnc1. The van der Waals surface area contributed by atoms with Gasteiger partial charge in [-0.3, -0.25) is 9.78 Å². The summed E-state index contributed by atoms with van der Waals surface area (Å²) in [6.45, 7) is 0.561. The Bertz CT molecular complexity index is 820. The second kappa shape index (κ2) is 7.79. The number of aromatic nitrogens is 2. The number of nitrogens with one attached hydrogen (secondary N) is 1. The molecule has 122 valence electrons. The van der Waals surface area contributed by atoms with Gasteiger partial charge in [0, 0.05) is 29.9 Å². The zero-order valence-electron chi connectivity index (χ0n) is 12.9. The highest BCUT2D eigenvalue weighted by atomic mass is 32.1. The molecule has 0 spiro atoms. The van der Waals surface area contributed by atoms with Crippen LogP contribution < -0.4 is 5.32 Å². The van der Waals surface area contributed by atoms with Crippen LogP contribution in [0.3, 0.4) is 0 Å². The Labute approximate surface area is 143 Å². The number of benzene rings is 1. The van der Waals surface area contributed by atoms with Gasteiger partial charge in [-0.05, 0) is 30.2 Å². The Morgan fingerprint density at radius 2 is 2.17 bits per heavy atom. The third kappa shape index (κ3) is 4.45. The lowest BCUT2D eigenvalue weighted by atomic mass is 10.2. The number of hydrogen-bond acceptors (Lipinski definition) is 4. The minimum absolute atomic E-state index is 0.0741. The predicted molar refractivity (Wildman–Crippen MR) is 92.2 cm³/mol. The molecular formula is C18H16FN3OS. The van der Waals surface area contributed by atoms with E-state index in [9.17, 15) is 9.18 Å². The highest BCUT2D eigenvalue weighted by Gasteiger charge is 2.09. The number of hydrogen-bond donors (Lipinski definition) is 1. The summed E-state index contributed by atoms with van der Waals surface area (Å²) in [5, 5.41) is 5.43. The second-order valence-corrected chi connectivity index (χ2v) is 6.15. The molecule has 0 saturated heterocycles. The van der Waals surface area contributed by atoms with E-state index in [0.29, 0.717) is 17.2 Å². The minimum Gasteiger partial charge on any atom is -0.355 e. The molecule has 2 aromatic heterocycles. The van der Waals surface area contributed by atoms with E-state index in [4.69, 9.17) is 0 Å². The minimum atomic E-state index is -0.294. The van der Waals surface area contributed by atoms with Crippen LogP contribution in [0.2, 0.25) is 0 Å². The van der Waals surface area contributed by atoms with E-state index in [0.717, 1.165) is 17.5 Å². The van der Waals surface area contributed by atoms with Crippen molar-refractivity contribution < 1.29 is 9.18 Å². The molecule has 1 amide bonds. The van der Waals surface area contributed by atoms with Gasteiger partial charge in [0.15, 0.2) is 0 Å². The molecule has 0 fully saturated rings. The fraction of sp³-hybridized carbons (Fsp3) is 0.167. The number of halogens is 1. The summed E-state index contributed by atoms with van der Waals surface area (Å²) in [6.07, 6.45) is 4.47. The first-order valence-corrected chi connectivity index (χ1v) is 8.44. The van der Waals surface area contributed by atoms with Crippen LogP contribution in [0.5, 0.6) is 0 Å². The van der Waals surface area contributed by atoms with Crippen LogP contribution in [0.25, 0.3) is 10.6 Å². The number of thiazole rings is 1. The summed E-state index contributed by atoms with van der Waals surface area (Å²) in [5.74, 6) is -0.368. The van der Waals surface area contributed by atoms with E-state index >= 15 is 0 Å². The normalized spacial score (nSPS) is 10.5.